The summed E-state index contributed by atoms with van der Waals surface area (Å²) in [5.74, 6) is -1.01. The van der Waals surface area contributed by atoms with E-state index in [1.54, 1.807) is 19.6 Å². The van der Waals surface area contributed by atoms with Gasteiger partial charge in [-0.05, 0) is 53.6 Å². The molecule has 4 aromatic carbocycles. The molecule has 0 aliphatic carbocycles. The Morgan fingerprint density at radius 1 is 0.630 bits per heavy atom. The number of benzene rings is 4. The van der Waals surface area contributed by atoms with Crippen molar-refractivity contribution in [3.63, 3.8) is 0 Å². The molecule has 30 heteroatoms. The molecule has 2 unspecified atom stereocenters. The first kappa shape index (κ1) is 66.7. The number of para-hydroxylation sites is 2. The molecule has 10 atom stereocenters. The second-order valence-corrected chi connectivity index (χ2v) is 22.8. The molecule has 6 heterocycles. The first-order valence-corrected chi connectivity index (χ1v) is 29.5. The lowest BCUT2D eigenvalue weighted by molar-refractivity contribution is -0.387. The molecular weight excluding hydrogens is 1200 g/mol. The van der Waals surface area contributed by atoms with Crippen LogP contribution in [-0.4, -0.2) is 145 Å². The van der Waals surface area contributed by atoms with E-state index in [9.17, 15) is 59.8 Å². The Morgan fingerprint density at radius 2 is 1.08 bits per heavy atom. The Hall–Kier alpha value is -9.72. The average Bonchev–Trinajstić information content (AvgIpc) is 1.55. The molecule has 2 fully saturated rings. The zero-order valence-corrected chi connectivity index (χ0v) is 51.3. The van der Waals surface area contributed by atoms with Crippen molar-refractivity contribution < 1.29 is 87.3 Å². The van der Waals surface area contributed by atoms with Crippen LogP contribution in [0.1, 0.15) is 72.9 Å². The standard InChI is InChI=1S/C34H39N5O10.C28H31N5O10/c1-7-26-19(4)30(46-20(5)40)31(47-21(6)41)33(48-26)49-27-13-12-22(14-25(27)39(43)44)16-45-34(42)37-32-28-29(38(17-35-28)15-18(2)3)23-10-8-9-11-24(23)36-32;1-14(2)10-32-13-29-21-22(32)16-5-3-4-6-17(16)30-26(21)31-28(38)41-12-15-7-8-19(18(9-15)33(39)40)42-27-25(37)24(36)23(35)20(11-34)43-27/h8-14,17-19,26,30-31,33H,7,15-16H2,1-6H3,(H,36,37,42);3-9,13-14,20,23-25,27,34-37H,10-12H2,1-2H3,(H,30,31,38)/t19-,26-,30+,31+,33?;20-,23-,24+,25+,27?/m11/s1. The second kappa shape index (κ2) is 29.1. The molecule has 2 amide bonds. The fourth-order valence-electron chi connectivity index (χ4n) is 10.9. The number of rotatable bonds is 20. The first-order valence-electron chi connectivity index (χ1n) is 29.5. The van der Waals surface area contributed by atoms with Crippen molar-refractivity contribution in [3.05, 3.63) is 129 Å². The lowest BCUT2D eigenvalue weighted by atomic mass is 9.89. The van der Waals surface area contributed by atoms with Gasteiger partial charge in [-0.1, -0.05) is 90.1 Å². The highest BCUT2D eigenvalue weighted by Crippen LogP contribution is 2.38. The van der Waals surface area contributed by atoms with Crippen molar-refractivity contribution in [2.75, 3.05) is 17.2 Å². The molecule has 0 radical (unpaired) electrons. The number of carbonyl (C=O) groups excluding carboxylic acids is 4. The molecular formula is C62H70N10O20. The number of anilines is 2. The molecule has 2 aliphatic rings. The maximum atomic E-state index is 13.0. The normalized spacial score (nSPS) is 21.3. The summed E-state index contributed by atoms with van der Waals surface area (Å²) in [7, 11) is 0. The highest BCUT2D eigenvalue weighted by atomic mass is 16.7. The Labute approximate surface area is 524 Å². The Bertz CT molecular complexity index is 4030. The van der Waals surface area contributed by atoms with Gasteiger partial charge in [0.05, 0.1) is 57.3 Å². The quantitative estimate of drug-likeness (QED) is 0.0182. The maximum Gasteiger partial charge on any atom is 0.413 e. The molecule has 4 aromatic heterocycles. The molecule has 0 saturated carbocycles. The third-order valence-electron chi connectivity index (χ3n) is 15.0. The zero-order chi connectivity index (χ0) is 66.2. The van der Waals surface area contributed by atoms with Crippen LogP contribution >= 0.6 is 0 Å². The summed E-state index contributed by atoms with van der Waals surface area (Å²) < 4.78 is 48.4. The Kier molecular flexibility index (Phi) is 21.1. The number of nitrogens with zero attached hydrogens (tertiary/aromatic N) is 8. The lowest BCUT2D eigenvalue weighted by Crippen LogP contribution is -2.60. The summed E-state index contributed by atoms with van der Waals surface area (Å²) in [6, 6.07) is 22.8. The molecule has 0 bridgehead atoms. The van der Waals surface area contributed by atoms with Gasteiger partial charge in [-0.2, -0.15) is 0 Å². The number of nitro groups is 2. The average molecular weight is 1280 g/mol. The molecule has 6 N–H and O–H groups in total. The van der Waals surface area contributed by atoms with E-state index in [1.165, 1.54) is 44.2 Å². The molecule has 488 valence electrons. The summed E-state index contributed by atoms with van der Waals surface area (Å²) in [5.41, 5.74) is 3.52. The summed E-state index contributed by atoms with van der Waals surface area (Å²) in [5, 5.41) is 70.4. The number of hydrogen-bond donors (Lipinski definition) is 6. The number of imidazole rings is 2. The summed E-state index contributed by atoms with van der Waals surface area (Å²) in [4.78, 5) is 90.3. The van der Waals surface area contributed by atoms with Crippen molar-refractivity contribution in [2.24, 2.45) is 17.8 Å². The molecule has 10 rings (SSSR count). The molecule has 0 spiro atoms. The van der Waals surface area contributed by atoms with E-state index in [1.807, 2.05) is 64.6 Å². The van der Waals surface area contributed by atoms with Gasteiger partial charge < -0.3 is 67.5 Å². The molecule has 8 aromatic rings. The minimum Gasteiger partial charge on any atom is -0.458 e. The summed E-state index contributed by atoms with van der Waals surface area (Å²) in [6.45, 7) is 14.5. The Morgan fingerprint density at radius 3 is 1.51 bits per heavy atom. The number of ether oxygens (including phenoxy) is 8. The van der Waals surface area contributed by atoms with Crippen LogP contribution in [0.2, 0.25) is 0 Å². The highest BCUT2D eigenvalue weighted by molar-refractivity contribution is 6.10. The van der Waals surface area contributed by atoms with Crippen molar-refractivity contribution in [3.8, 4) is 11.5 Å². The van der Waals surface area contributed by atoms with Crippen LogP contribution in [0.3, 0.4) is 0 Å². The number of amides is 2. The van der Waals surface area contributed by atoms with Gasteiger partial charge in [0.2, 0.25) is 18.7 Å². The van der Waals surface area contributed by atoms with Crippen molar-refractivity contribution in [2.45, 2.75) is 143 Å². The SMILES string of the molecule is CC(C)Cn1cnc2c(NC(=O)OCc3ccc(OC4O[C@H](CO)[C@@H](O)[C@H](O)[C@@H]4O)c([N+](=O)[O-])c3)nc3ccccc3c21.CC[C@H]1OC(Oc2ccc(COC(=O)Nc3nc4ccccc4c4c3ncn4CC(C)C)cc2[N+](=O)[O-])[C@@H](OC(C)=O)[C@@H](OC(C)=O)[C@@H]1C. The number of aliphatic hydroxyl groups is 4. The zero-order valence-electron chi connectivity index (χ0n) is 51.3. The van der Waals surface area contributed by atoms with Crippen LogP contribution in [0.4, 0.5) is 32.6 Å². The molecule has 2 aliphatic heterocycles. The number of fused-ring (bicyclic) bond motifs is 6. The van der Waals surface area contributed by atoms with Gasteiger partial charge in [-0.15, -0.1) is 0 Å². The van der Waals surface area contributed by atoms with E-state index in [0.29, 0.717) is 52.4 Å². The fraction of sp³-hybridized carbons (Fsp3) is 0.419. The topological polar surface area (TPSA) is 395 Å². The van der Waals surface area contributed by atoms with Crippen LogP contribution in [0.25, 0.3) is 43.9 Å². The van der Waals surface area contributed by atoms with Crippen molar-refractivity contribution in [1.29, 1.82) is 0 Å². The molecule has 92 heavy (non-hydrogen) atoms. The Balaban J connectivity index is 0.000000219. The van der Waals surface area contributed by atoms with E-state index in [2.05, 4.69) is 58.3 Å². The number of nitro benzene ring substituents is 2. The van der Waals surface area contributed by atoms with Crippen LogP contribution < -0.4 is 20.1 Å². The number of aliphatic hydroxyl groups excluding tert-OH is 4. The smallest absolute Gasteiger partial charge is 0.413 e. The largest absolute Gasteiger partial charge is 0.458 e. The first-order chi connectivity index (χ1) is 43.9. The van der Waals surface area contributed by atoms with E-state index >= 15 is 0 Å². The van der Waals surface area contributed by atoms with Crippen molar-refractivity contribution >= 4 is 91.0 Å². The fourth-order valence-corrected chi connectivity index (χ4v) is 10.9. The van der Waals surface area contributed by atoms with Crippen LogP contribution in [0, 0.1) is 38.0 Å². The maximum absolute atomic E-state index is 13.0. The summed E-state index contributed by atoms with van der Waals surface area (Å²) >= 11 is 0. The van der Waals surface area contributed by atoms with Gasteiger partial charge in [0.15, 0.2) is 23.1 Å². The minimum atomic E-state index is -1.75. The molecule has 2 saturated heterocycles. The third kappa shape index (κ3) is 15.2. The van der Waals surface area contributed by atoms with Gasteiger partial charge in [-0.3, -0.25) is 40.5 Å². The number of esters is 2. The summed E-state index contributed by atoms with van der Waals surface area (Å²) in [6.07, 6.45) is -9.63. The number of pyridine rings is 2. The van der Waals surface area contributed by atoms with E-state index in [0.717, 1.165) is 34.4 Å². The van der Waals surface area contributed by atoms with Crippen LogP contribution in [-0.2, 0) is 64.3 Å². The predicted molar refractivity (Wildman–Crippen MR) is 328 cm³/mol. The third-order valence-corrected chi connectivity index (χ3v) is 15.0. The van der Waals surface area contributed by atoms with Gasteiger partial charge in [-0.25, -0.2) is 29.5 Å². The number of carbonyl (C=O) groups is 4. The minimum absolute atomic E-state index is 0.189. The van der Waals surface area contributed by atoms with E-state index in [4.69, 9.17) is 37.9 Å². The van der Waals surface area contributed by atoms with Crippen LogP contribution in [0.5, 0.6) is 11.5 Å². The van der Waals surface area contributed by atoms with Crippen molar-refractivity contribution in [1.82, 2.24) is 29.1 Å². The van der Waals surface area contributed by atoms with Gasteiger partial charge in [0.25, 0.3) is 0 Å². The number of hydrogen-bond acceptors (Lipinski definition) is 24. The van der Waals surface area contributed by atoms with E-state index < -0.39 is 107 Å². The van der Waals surface area contributed by atoms with E-state index in [-0.39, 0.29) is 47.8 Å². The number of aromatic nitrogens is 6. The second-order valence-electron chi connectivity index (χ2n) is 22.8. The predicted octanol–water partition coefficient (Wildman–Crippen LogP) is 7.99. The molecule has 30 nitrogen and oxygen atoms in total. The number of nitrogens with one attached hydrogen (secondary N) is 2. The highest BCUT2D eigenvalue weighted by Gasteiger charge is 2.49. The van der Waals surface area contributed by atoms with Gasteiger partial charge in [0, 0.05) is 55.8 Å². The van der Waals surface area contributed by atoms with Gasteiger partial charge >= 0.3 is 35.5 Å². The monoisotopic (exact) mass is 1270 g/mol. The lowest BCUT2D eigenvalue weighted by Gasteiger charge is -2.43. The van der Waals surface area contributed by atoms with Gasteiger partial charge in [0.1, 0.15) is 54.8 Å². The van der Waals surface area contributed by atoms with Crippen LogP contribution in [0.15, 0.2) is 97.6 Å².